The molecule has 0 aliphatic heterocycles. The molecule has 1 aromatic carbocycles. The van der Waals surface area contributed by atoms with Crippen LogP contribution in [0.3, 0.4) is 0 Å². The SMILES string of the molecule is COCC(C(=O)NN)N(C)c1cccc(C#N)c1. The van der Waals surface area contributed by atoms with Gasteiger partial charge in [-0.1, -0.05) is 6.07 Å². The first-order valence-corrected chi connectivity index (χ1v) is 5.36. The molecular weight excluding hydrogens is 232 g/mol. The van der Waals surface area contributed by atoms with Crippen molar-refractivity contribution in [1.29, 1.82) is 5.26 Å². The lowest BCUT2D eigenvalue weighted by molar-refractivity contribution is -0.123. The maximum absolute atomic E-state index is 11.6. The molecule has 3 N–H and O–H groups in total. The van der Waals surface area contributed by atoms with Gasteiger partial charge in [-0.05, 0) is 18.2 Å². The fourth-order valence-electron chi connectivity index (χ4n) is 1.59. The molecule has 1 rings (SSSR count). The van der Waals surface area contributed by atoms with E-state index in [1.807, 2.05) is 6.07 Å². The number of nitrogens with one attached hydrogen (secondary N) is 1. The van der Waals surface area contributed by atoms with E-state index in [1.54, 1.807) is 30.1 Å². The first-order chi connectivity index (χ1) is 8.63. The van der Waals surface area contributed by atoms with Gasteiger partial charge in [0.1, 0.15) is 6.04 Å². The number of amides is 1. The highest BCUT2D eigenvalue weighted by atomic mass is 16.5. The zero-order valence-electron chi connectivity index (χ0n) is 10.4. The molecule has 0 radical (unpaired) electrons. The van der Waals surface area contributed by atoms with E-state index in [1.165, 1.54) is 7.11 Å². The van der Waals surface area contributed by atoms with Crippen molar-refractivity contribution in [2.75, 3.05) is 25.7 Å². The number of anilines is 1. The van der Waals surface area contributed by atoms with E-state index < -0.39 is 6.04 Å². The van der Waals surface area contributed by atoms with Crippen LogP contribution in [0.5, 0.6) is 0 Å². The summed E-state index contributed by atoms with van der Waals surface area (Å²) in [6, 6.07) is 8.48. The maximum atomic E-state index is 11.6. The molecule has 1 unspecified atom stereocenters. The monoisotopic (exact) mass is 248 g/mol. The molecule has 0 spiro atoms. The third-order valence-corrected chi connectivity index (χ3v) is 2.62. The zero-order valence-corrected chi connectivity index (χ0v) is 10.4. The number of benzene rings is 1. The number of carbonyl (C=O) groups is 1. The van der Waals surface area contributed by atoms with E-state index in [-0.39, 0.29) is 12.5 Å². The highest BCUT2D eigenvalue weighted by Crippen LogP contribution is 2.17. The number of hydrogen-bond donors (Lipinski definition) is 2. The fourth-order valence-corrected chi connectivity index (χ4v) is 1.59. The third-order valence-electron chi connectivity index (χ3n) is 2.62. The lowest BCUT2D eigenvalue weighted by Gasteiger charge is -2.28. The minimum atomic E-state index is -0.547. The van der Waals surface area contributed by atoms with Crippen LogP contribution < -0.4 is 16.2 Å². The molecule has 0 saturated carbocycles. The Hall–Kier alpha value is -2.10. The molecule has 18 heavy (non-hydrogen) atoms. The molecule has 1 amide bonds. The number of rotatable bonds is 5. The topological polar surface area (TPSA) is 91.4 Å². The van der Waals surface area contributed by atoms with Crippen LogP contribution in [0.2, 0.25) is 0 Å². The van der Waals surface area contributed by atoms with Gasteiger partial charge in [0.2, 0.25) is 0 Å². The van der Waals surface area contributed by atoms with E-state index in [2.05, 4.69) is 11.5 Å². The van der Waals surface area contributed by atoms with E-state index in [0.29, 0.717) is 5.56 Å². The van der Waals surface area contributed by atoms with E-state index in [4.69, 9.17) is 15.8 Å². The van der Waals surface area contributed by atoms with Crippen molar-refractivity contribution < 1.29 is 9.53 Å². The van der Waals surface area contributed by atoms with Gasteiger partial charge in [0.25, 0.3) is 5.91 Å². The molecule has 0 aromatic heterocycles. The molecule has 0 fully saturated rings. The van der Waals surface area contributed by atoms with Gasteiger partial charge in [-0.15, -0.1) is 0 Å². The summed E-state index contributed by atoms with van der Waals surface area (Å²) < 4.78 is 5.00. The zero-order chi connectivity index (χ0) is 13.5. The van der Waals surface area contributed by atoms with Crippen LogP contribution in [-0.2, 0) is 9.53 Å². The Labute approximate surface area is 106 Å². The molecule has 0 saturated heterocycles. The molecule has 1 atom stereocenters. The number of hydrogen-bond acceptors (Lipinski definition) is 5. The van der Waals surface area contributed by atoms with Gasteiger partial charge in [-0.2, -0.15) is 5.26 Å². The van der Waals surface area contributed by atoms with Crippen LogP contribution in [0.25, 0.3) is 0 Å². The first kappa shape index (κ1) is 14.0. The quantitative estimate of drug-likeness (QED) is 0.435. The lowest BCUT2D eigenvalue weighted by atomic mass is 10.1. The number of carbonyl (C=O) groups excluding carboxylic acids is 1. The standard InChI is InChI=1S/C12H16N4O2/c1-16(11(8-18-2)12(17)15-14)10-5-3-4-9(6-10)7-13/h3-6,11H,8,14H2,1-2H3,(H,15,17). The van der Waals surface area contributed by atoms with Gasteiger partial charge in [-0.3, -0.25) is 10.2 Å². The number of likely N-dealkylation sites (N-methyl/N-ethyl adjacent to an activating group) is 1. The van der Waals surface area contributed by atoms with Crippen molar-refractivity contribution in [2.45, 2.75) is 6.04 Å². The average molecular weight is 248 g/mol. The molecule has 1 aromatic rings. The predicted molar refractivity (Wildman–Crippen MR) is 67.6 cm³/mol. The van der Waals surface area contributed by atoms with Crippen LogP contribution in [0.1, 0.15) is 5.56 Å². The summed E-state index contributed by atoms with van der Waals surface area (Å²) in [5.74, 6) is 4.80. The summed E-state index contributed by atoms with van der Waals surface area (Å²) in [7, 11) is 3.26. The first-order valence-electron chi connectivity index (χ1n) is 5.36. The summed E-state index contributed by atoms with van der Waals surface area (Å²) in [5, 5.41) is 8.85. The van der Waals surface area contributed by atoms with Gasteiger partial charge < -0.3 is 9.64 Å². The highest BCUT2D eigenvalue weighted by molar-refractivity contribution is 5.84. The second-order valence-corrected chi connectivity index (χ2v) is 3.75. The van der Waals surface area contributed by atoms with Gasteiger partial charge in [-0.25, -0.2) is 5.84 Å². The number of methoxy groups -OCH3 is 1. The van der Waals surface area contributed by atoms with Gasteiger partial charge in [0.05, 0.1) is 18.2 Å². The summed E-state index contributed by atoms with van der Waals surface area (Å²) >= 11 is 0. The summed E-state index contributed by atoms with van der Waals surface area (Å²) in [6.07, 6.45) is 0. The van der Waals surface area contributed by atoms with Crippen molar-refractivity contribution in [3.63, 3.8) is 0 Å². The predicted octanol–water partition coefficient (Wildman–Crippen LogP) is -0.000620. The Morgan fingerprint density at radius 3 is 2.94 bits per heavy atom. The van der Waals surface area contributed by atoms with Crippen LogP contribution in [0, 0.1) is 11.3 Å². The van der Waals surface area contributed by atoms with Crippen molar-refractivity contribution in [2.24, 2.45) is 5.84 Å². The van der Waals surface area contributed by atoms with E-state index in [0.717, 1.165) is 5.69 Å². The van der Waals surface area contributed by atoms with Crippen LogP contribution in [0.4, 0.5) is 5.69 Å². The molecule has 6 heteroatoms. The summed E-state index contributed by atoms with van der Waals surface area (Å²) in [5.41, 5.74) is 3.38. The van der Waals surface area contributed by atoms with Crippen LogP contribution in [0.15, 0.2) is 24.3 Å². The Morgan fingerprint density at radius 2 is 2.39 bits per heavy atom. The van der Waals surface area contributed by atoms with E-state index >= 15 is 0 Å². The van der Waals surface area contributed by atoms with Crippen LogP contribution >= 0.6 is 0 Å². The Bertz CT molecular complexity index is 456. The largest absolute Gasteiger partial charge is 0.382 e. The molecular formula is C12H16N4O2. The van der Waals surface area contributed by atoms with Gasteiger partial charge in [0, 0.05) is 19.8 Å². The maximum Gasteiger partial charge on any atom is 0.258 e. The second-order valence-electron chi connectivity index (χ2n) is 3.75. The minimum absolute atomic E-state index is 0.205. The Balaban J connectivity index is 2.97. The Kier molecular flexibility index (Phi) is 5.11. The van der Waals surface area contributed by atoms with Crippen LogP contribution in [-0.4, -0.2) is 32.7 Å². The molecule has 0 heterocycles. The fraction of sp³-hybridized carbons (Fsp3) is 0.333. The average Bonchev–Trinajstić information content (AvgIpc) is 2.43. The van der Waals surface area contributed by atoms with Crippen molar-refractivity contribution >= 4 is 11.6 Å². The summed E-state index contributed by atoms with van der Waals surface area (Å²) in [6.45, 7) is 0.205. The van der Waals surface area contributed by atoms with Crippen molar-refractivity contribution in [3.05, 3.63) is 29.8 Å². The molecule has 0 aliphatic carbocycles. The summed E-state index contributed by atoms with van der Waals surface area (Å²) in [4.78, 5) is 13.4. The second kappa shape index (κ2) is 6.59. The van der Waals surface area contributed by atoms with Crippen molar-refractivity contribution in [3.8, 4) is 6.07 Å². The number of hydrazine groups is 1. The minimum Gasteiger partial charge on any atom is -0.382 e. The normalized spacial score (nSPS) is 11.4. The lowest BCUT2D eigenvalue weighted by Crippen LogP contribution is -2.50. The number of ether oxygens (including phenoxy) is 1. The number of nitrogens with two attached hydrogens (primary N) is 1. The smallest absolute Gasteiger partial charge is 0.258 e. The van der Waals surface area contributed by atoms with Gasteiger partial charge in [0.15, 0.2) is 0 Å². The van der Waals surface area contributed by atoms with Crippen molar-refractivity contribution in [1.82, 2.24) is 5.43 Å². The van der Waals surface area contributed by atoms with Gasteiger partial charge >= 0.3 is 0 Å². The number of nitriles is 1. The highest BCUT2D eigenvalue weighted by Gasteiger charge is 2.22. The third kappa shape index (κ3) is 3.20. The molecule has 0 aliphatic rings. The molecule has 6 nitrogen and oxygen atoms in total. The molecule has 0 bridgehead atoms. The Morgan fingerprint density at radius 1 is 1.67 bits per heavy atom. The molecule has 96 valence electrons. The number of nitrogens with zero attached hydrogens (tertiary/aromatic N) is 2. The van der Waals surface area contributed by atoms with E-state index in [9.17, 15) is 4.79 Å².